The molecule has 3 nitrogen and oxygen atoms in total. The highest BCUT2D eigenvalue weighted by Crippen LogP contribution is 2.32. The Morgan fingerprint density at radius 3 is 2.74 bits per heavy atom. The summed E-state index contributed by atoms with van der Waals surface area (Å²) in [5.74, 6) is 0.0292. The highest BCUT2D eigenvalue weighted by Gasteiger charge is 2.21. The first kappa shape index (κ1) is 12.2. The monoisotopic (exact) mass is 316 g/mol. The van der Waals surface area contributed by atoms with Crippen LogP contribution in [-0.2, 0) is 11.3 Å². The molecule has 1 amide bonds. The molecule has 0 saturated heterocycles. The fourth-order valence-corrected chi connectivity index (χ4v) is 2.64. The van der Waals surface area contributed by atoms with E-state index in [1.807, 2.05) is 36.4 Å². The molecule has 1 aliphatic heterocycles. The van der Waals surface area contributed by atoms with E-state index in [0.717, 1.165) is 22.4 Å². The molecule has 96 valence electrons. The molecule has 2 aromatic carbocycles. The number of rotatable bonds is 2. The minimum Gasteiger partial charge on any atom is -0.356 e. The Balaban J connectivity index is 1.93. The predicted molar refractivity (Wildman–Crippen MR) is 80.3 cm³/mol. The molecule has 0 fully saturated rings. The van der Waals surface area contributed by atoms with Crippen LogP contribution in [0.15, 0.2) is 53.0 Å². The third-order valence-electron chi connectivity index (χ3n) is 3.12. The third-order valence-corrected chi connectivity index (χ3v) is 3.62. The number of fused-ring (bicyclic) bond motifs is 1. The number of amides is 1. The van der Waals surface area contributed by atoms with Crippen molar-refractivity contribution < 1.29 is 4.79 Å². The summed E-state index contributed by atoms with van der Waals surface area (Å²) in [5, 5.41) is 2.91. The number of hydrogen-bond donors (Lipinski definition) is 1. The van der Waals surface area contributed by atoms with Gasteiger partial charge in [0.1, 0.15) is 0 Å². The van der Waals surface area contributed by atoms with Gasteiger partial charge in [0.25, 0.3) is 0 Å². The topological polar surface area (TPSA) is 32.3 Å². The Morgan fingerprint density at radius 1 is 1.16 bits per heavy atom. The van der Waals surface area contributed by atoms with E-state index in [1.165, 1.54) is 5.56 Å². The Kier molecular flexibility index (Phi) is 3.25. The summed E-state index contributed by atoms with van der Waals surface area (Å²) in [6.07, 6.45) is 0. The second-order valence-electron chi connectivity index (χ2n) is 4.55. The van der Waals surface area contributed by atoms with Gasteiger partial charge in [0, 0.05) is 11.0 Å². The van der Waals surface area contributed by atoms with Gasteiger partial charge in [0.05, 0.1) is 17.9 Å². The Hall–Kier alpha value is -1.81. The van der Waals surface area contributed by atoms with Crippen LogP contribution in [0.25, 0.3) is 0 Å². The average molecular weight is 317 g/mol. The van der Waals surface area contributed by atoms with Crippen LogP contribution in [0.5, 0.6) is 0 Å². The number of nitrogens with one attached hydrogen (secondary N) is 1. The molecule has 0 atom stereocenters. The van der Waals surface area contributed by atoms with Crippen molar-refractivity contribution in [1.29, 1.82) is 0 Å². The molecule has 4 heteroatoms. The number of nitrogens with zero attached hydrogens (tertiary/aromatic N) is 1. The van der Waals surface area contributed by atoms with Gasteiger partial charge in [-0.1, -0.05) is 46.3 Å². The van der Waals surface area contributed by atoms with Crippen LogP contribution in [0.4, 0.5) is 11.4 Å². The molecular formula is C15H13BrN2O. The zero-order chi connectivity index (χ0) is 13.2. The molecule has 1 N–H and O–H groups in total. The molecular weight excluding hydrogens is 304 g/mol. The van der Waals surface area contributed by atoms with Gasteiger partial charge in [-0.3, -0.25) is 4.79 Å². The molecule has 19 heavy (non-hydrogen) atoms. The van der Waals surface area contributed by atoms with Crippen molar-refractivity contribution in [3.63, 3.8) is 0 Å². The van der Waals surface area contributed by atoms with Crippen molar-refractivity contribution in [2.45, 2.75) is 6.54 Å². The molecule has 1 aliphatic rings. The Bertz CT molecular complexity index is 613. The van der Waals surface area contributed by atoms with E-state index in [1.54, 1.807) is 0 Å². The second-order valence-corrected chi connectivity index (χ2v) is 5.47. The number of hydrogen-bond acceptors (Lipinski definition) is 2. The van der Waals surface area contributed by atoms with E-state index in [4.69, 9.17) is 0 Å². The van der Waals surface area contributed by atoms with Gasteiger partial charge < -0.3 is 10.2 Å². The van der Waals surface area contributed by atoms with Crippen LogP contribution in [0, 0.1) is 0 Å². The number of carbonyl (C=O) groups is 1. The van der Waals surface area contributed by atoms with E-state index in [2.05, 4.69) is 38.3 Å². The van der Waals surface area contributed by atoms with Crippen molar-refractivity contribution >= 4 is 33.2 Å². The molecule has 0 saturated carbocycles. The van der Waals surface area contributed by atoms with Crippen molar-refractivity contribution in [1.82, 2.24) is 0 Å². The zero-order valence-corrected chi connectivity index (χ0v) is 11.9. The van der Waals surface area contributed by atoms with E-state index in [0.29, 0.717) is 6.54 Å². The van der Waals surface area contributed by atoms with Gasteiger partial charge in [-0.25, -0.2) is 0 Å². The summed E-state index contributed by atoms with van der Waals surface area (Å²) in [5.41, 5.74) is 3.12. The lowest BCUT2D eigenvalue weighted by Crippen LogP contribution is -2.37. The first-order valence-electron chi connectivity index (χ1n) is 6.10. The van der Waals surface area contributed by atoms with Crippen molar-refractivity contribution in [3.05, 3.63) is 58.6 Å². The van der Waals surface area contributed by atoms with Gasteiger partial charge in [-0.05, 0) is 23.8 Å². The molecule has 2 aromatic rings. The standard InChI is InChI=1S/C15H13BrN2O/c16-12-6-7-14-13(8-12)17-15(19)10-18(14)9-11-4-2-1-3-5-11/h1-8H,9-10H2,(H,17,19). The number of anilines is 2. The number of carbonyl (C=O) groups excluding carboxylic acids is 1. The molecule has 3 rings (SSSR count). The quantitative estimate of drug-likeness (QED) is 0.921. The normalized spacial score (nSPS) is 13.9. The summed E-state index contributed by atoms with van der Waals surface area (Å²) in [6.45, 7) is 1.13. The van der Waals surface area contributed by atoms with E-state index in [-0.39, 0.29) is 5.91 Å². The first-order chi connectivity index (χ1) is 9.22. The second kappa shape index (κ2) is 5.05. The zero-order valence-electron chi connectivity index (χ0n) is 10.3. The van der Waals surface area contributed by atoms with E-state index < -0.39 is 0 Å². The van der Waals surface area contributed by atoms with Gasteiger partial charge in [0.2, 0.25) is 5.91 Å². The predicted octanol–water partition coefficient (Wildman–Crippen LogP) is 3.41. The van der Waals surface area contributed by atoms with E-state index >= 15 is 0 Å². The molecule has 0 bridgehead atoms. The molecule has 1 heterocycles. The highest BCUT2D eigenvalue weighted by atomic mass is 79.9. The molecule has 0 radical (unpaired) electrons. The summed E-state index contributed by atoms with van der Waals surface area (Å²) < 4.78 is 0.966. The van der Waals surface area contributed by atoms with Crippen molar-refractivity contribution in [3.8, 4) is 0 Å². The maximum atomic E-state index is 11.8. The van der Waals surface area contributed by atoms with Crippen molar-refractivity contribution in [2.75, 3.05) is 16.8 Å². The maximum Gasteiger partial charge on any atom is 0.243 e. The van der Waals surface area contributed by atoms with Crippen LogP contribution in [0.2, 0.25) is 0 Å². The van der Waals surface area contributed by atoms with Crippen LogP contribution >= 0.6 is 15.9 Å². The van der Waals surface area contributed by atoms with Crippen LogP contribution in [0.3, 0.4) is 0 Å². The lowest BCUT2D eigenvalue weighted by atomic mass is 10.1. The number of benzene rings is 2. The third kappa shape index (κ3) is 2.63. The number of halogens is 1. The van der Waals surface area contributed by atoms with Gasteiger partial charge in [0.15, 0.2) is 0 Å². The van der Waals surface area contributed by atoms with Crippen LogP contribution < -0.4 is 10.2 Å². The molecule has 0 aliphatic carbocycles. The lowest BCUT2D eigenvalue weighted by Gasteiger charge is -2.31. The van der Waals surface area contributed by atoms with Gasteiger partial charge >= 0.3 is 0 Å². The Labute approximate surface area is 120 Å². The Morgan fingerprint density at radius 2 is 1.95 bits per heavy atom. The summed E-state index contributed by atoms with van der Waals surface area (Å²) in [7, 11) is 0. The van der Waals surface area contributed by atoms with Crippen molar-refractivity contribution in [2.24, 2.45) is 0 Å². The smallest absolute Gasteiger partial charge is 0.243 e. The van der Waals surface area contributed by atoms with Gasteiger partial charge in [-0.2, -0.15) is 0 Å². The molecule has 0 aromatic heterocycles. The average Bonchev–Trinajstić information content (AvgIpc) is 2.39. The van der Waals surface area contributed by atoms with Crippen LogP contribution in [-0.4, -0.2) is 12.5 Å². The first-order valence-corrected chi connectivity index (χ1v) is 6.90. The summed E-state index contributed by atoms with van der Waals surface area (Å²) in [6, 6.07) is 16.1. The van der Waals surface area contributed by atoms with Gasteiger partial charge in [-0.15, -0.1) is 0 Å². The SMILES string of the molecule is O=C1CN(Cc2ccccc2)c2ccc(Br)cc2N1. The molecule has 0 spiro atoms. The lowest BCUT2D eigenvalue weighted by molar-refractivity contribution is -0.115. The molecule has 0 unspecified atom stereocenters. The van der Waals surface area contributed by atoms with E-state index in [9.17, 15) is 4.79 Å². The maximum absolute atomic E-state index is 11.8. The highest BCUT2D eigenvalue weighted by molar-refractivity contribution is 9.10. The minimum absolute atomic E-state index is 0.0292. The fourth-order valence-electron chi connectivity index (χ4n) is 2.28. The van der Waals surface area contributed by atoms with Crippen LogP contribution in [0.1, 0.15) is 5.56 Å². The minimum atomic E-state index is 0.0292. The largest absolute Gasteiger partial charge is 0.356 e. The summed E-state index contributed by atoms with van der Waals surface area (Å²) in [4.78, 5) is 13.9. The summed E-state index contributed by atoms with van der Waals surface area (Å²) >= 11 is 3.43. The fraction of sp³-hybridized carbons (Fsp3) is 0.133.